The predicted molar refractivity (Wildman–Crippen MR) is 102 cm³/mol. The van der Waals surface area contributed by atoms with E-state index in [2.05, 4.69) is 15.2 Å². The van der Waals surface area contributed by atoms with Crippen LogP contribution < -0.4 is 10.1 Å². The number of hydrogen-bond acceptors (Lipinski definition) is 4. The number of benzene rings is 1. The van der Waals surface area contributed by atoms with Crippen LogP contribution in [-0.4, -0.2) is 63.6 Å². The molecule has 7 heteroatoms. The summed E-state index contributed by atoms with van der Waals surface area (Å²) < 4.78 is 28.4. The number of guanidine groups is 1. The van der Waals surface area contributed by atoms with E-state index in [1.807, 2.05) is 37.3 Å². The average molecular weight is 368 g/mol. The smallest absolute Gasteiger partial charge is 0.193 e. The maximum atomic E-state index is 11.2. The van der Waals surface area contributed by atoms with E-state index < -0.39 is 9.84 Å². The first kappa shape index (κ1) is 19.6. The average Bonchev–Trinajstić information content (AvgIpc) is 2.58. The van der Waals surface area contributed by atoms with Gasteiger partial charge in [0, 0.05) is 45.3 Å². The Balaban J connectivity index is 1.82. The van der Waals surface area contributed by atoms with Gasteiger partial charge in [0.15, 0.2) is 5.96 Å². The fourth-order valence-corrected chi connectivity index (χ4v) is 3.47. The van der Waals surface area contributed by atoms with Crippen molar-refractivity contribution in [1.29, 1.82) is 0 Å². The first-order chi connectivity index (χ1) is 12.0. The second kappa shape index (κ2) is 9.65. The fraction of sp³-hybridized carbons (Fsp3) is 0.611. The molecule has 1 aromatic rings. The molecule has 0 unspecified atom stereocenters. The fourth-order valence-electron chi connectivity index (χ4n) is 2.81. The monoisotopic (exact) mass is 367 g/mol. The third-order valence-electron chi connectivity index (χ3n) is 4.06. The van der Waals surface area contributed by atoms with Crippen LogP contribution in [-0.2, 0) is 9.84 Å². The van der Waals surface area contributed by atoms with Crippen LogP contribution in [0, 0.1) is 0 Å². The Kier molecular flexibility index (Phi) is 7.55. The lowest BCUT2D eigenvalue weighted by molar-refractivity contribution is 0.129. The number of likely N-dealkylation sites (tertiary alicyclic amines) is 1. The van der Waals surface area contributed by atoms with Crippen LogP contribution >= 0.6 is 0 Å². The number of para-hydroxylation sites is 1. The molecular formula is C18H29N3O3S. The van der Waals surface area contributed by atoms with Crippen molar-refractivity contribution in [2.75, 3.05) is 38.2 Å². The van der Waals surface area contributed by atoms with Gasteiger partial charge >= 0.3 is 0 Å². The molecule has 0 saturated carbocycles. The van der Waals surface area contributed by atoms with Gasteiger partial charge in [0.2, 0.25) is 0 Å². The number of aliphatic imine (C=N–C) groups is 1. The quantitative estimate of drug-likeness (QED) is 0.453. The maximum Gasteiger partial charge on any atom is 0.193 e. The molecule has 0 aromatic heterocycles. The van der Waals surface area contributed by atoms with Gasteiger partial charge in [-0.1, -0.05) is 18.2 Å². The molecule has 0 radical (unpaired) electrons. The Morgan fingerprint density at radius 2 is 1.96 bits per heavy atom. The van der Waals surface area contributed by atoms with Crippen LogP contribution in [0.5, 0.6) is 5.75 Å². The minimum atomic E-state index is -2.92. The summed E-state index contributed by atoms with van der Waals surface area (Å²) in [5, 5.41) is 3.30. The summed E-state index contributed by atoms with van der Waals surface area (Å²) in [7, 11) is -2.92. The Morgan fingerprint density at radius 1 is 1.28 bits per heavy atom. The summed E-state index contributed by atoms with van der Waals surface area (Å²) in [6.07, 6.45) is 3.94. The number of nitrogens with one attached hydrogen (secondary N) is 1. The molecule has 25 heavy (non-hydrogen) atoms. The molecule has 0 spiro atoms. The van der Waals surface area contributed by atoms with E-state index in [9.17, 15) is 8.42 Å². The number of nitrogens with zero attached hydrogens (tertiary/aromatic N) is 2. The molecule has 2 rings (SSSR count). The van der Waals surface area contributed by atoms with E-state index in [1.165, 1.54) is 6.26 Å². The summed E-state index contributed by atoms with van der Waals surface area (Å²) in [5.41, 5.74) is 0. The van der Waals surface area contributed by atoms with Crippen LogP contribution in [0.15, 0.2) is 35.3 Å². The lowest BCUT2D eigenvalue weighted by Crippen LogP contribution is -2.47. The van der Waals surface area contributed by atoms with Crippen LogP contribution in [0.1, 0.15) is 26.2 Å². The van der Waals surface area contributed by atoms with Crippen molar-refractivity contribution >= 4 is 15.8 Å². The van der Waals surface area contributed by atoms with Gasteiger partial charge in [-0.05, 0) is 25.5 Å². The first-order valence-corrected chi connectivity index (χ1v) is 11.0. The van der Waals surface area contributed by atoms with Gasteiger partial charge < -0.3 is 15.0 Å². The van der Waals surface area contributed by atoms with E-state index in [4.69, 9.17) is 4.74 Å². The van der Waals surface area contributed by atoms with Gasteiger partial charge in [-0.3, -0.25) is 4.99 Å². The zero-order chi connectivity index (χ0) is 18.1. The second-order valence-electron chi connectivity index (χ2n) is 6.34. The zero-order valence-electron chi connectivity index (χ0n) is 15.1. The van der Waals surface area contributed by atoms with Crippen LogP contribution in [0.4, 0.5) is 0 Å². The van der Waals surface area contributed by atoms with E-state index in [-0.39, 0.29) is 11.9 Å². The molecule has 140 valence electrons. The van der Waals surface area contributed by atoms with Gasteiger partial charge in [0.05, 0.1) is 5.75 Å². The number of hydrogen-bond donors (Lipinski definition) is 1. The highest BCUT2D eigenvalue weighted by Gasteiger charge is 2.22. The molecule has 1 aliphatic heterocycles. The number of rotatable bonds is 7. The molecule has 1 heterocycles. The minimum Gasteiger partial charge on any atom is -0.490 e. The molecule has 6 nitrogen and oxygen atoms in total. The van der Waals surface area contributed by atoms with Crippen molar-refractivity contribution in [1.82, 2.24) is 10.2 Å². The number of ether oxygens (including phenoxy) is 1. The second-order valence-corrected chi connectivity index (χ2v) is 8.60. The van der Waals surface area contributed by atoms with Gasteiger partial charge in [0.1, 0.15) is 21.7 Å². The highest BCUT2D eigenvalue weighted by atomic mass is 32.2. The normalized spacial score (nSPS) is 16.7. The summed E-state index contributed by atoms with van der Waals surface area (Å²) in [4.78, 5) is 6.81. The SMILES string of the molecule is CCNC(=NCCCS(C)(=O)=O)N1CCC(Oc2ccccc2)CC1. The molecule has 0 bridgehead atoms. The van der Waals surface area contributed by atoms with Gasteiger partial charge in [-0.25, -0.2) is 8.42 Å². The summed E-state index contributed by atoms with van der Waals surface area (Å²) >= 11 is 0. The Labute approximate surface area is 151 Å². The molecule has 1 N–H and O–H groups in total. The molecule has 1 fully saturated rings. The predicted octanol–water partition coefficient (Wildman–Crippen LogP) is 1.93. The van der Waals surface area contributed by atoms with Gasteiger partial charge in [-0.2, -0.15) is 0 Å². The highest BCUT2D eigenvalue weighted by Crippen LogP contribution is 2.18. The third-order valence-corrected chi connectivity index (χ3v) is 5.09. The Hall–Kier alpha value is -1.76. The van der Waals surface area contributed by atoms with E-state index in [1.54, 1.807) is 0 Å². The molecular weight excluding hydrogens is 338 g/mol. The van der Waals surface area contributed by atoms with E-state index in [0.717, 1.165) is 44.2 Å². The minimum absolute atomic E-state index is 0.183. The lowest BCUT2D eigenvalue weighted by Gasteiger charge is -2.34. The molecule has 0 amide bonds. The van der Waals surface area contributed by atoms with Crippen molar-refractivity contribution in [2.45, 2.75) is 32.3 Å². The molecule has 0 atom stereocenters. The van der Waals surface area contributed by atoms with E-state index >= 15 is 0 Å². The summed E-state index contributed by atoms with van der Waals surface area (Å²) in [6, 6.07) is 9.92. The standard InChI is InChI=1S/C18H29N3O3S/c1-3-19-18(20-12-7-15-25(2,22)23)21-13-10-17(11-14-21)24-16-8-5-4-6-9-16/h4-6,8-9,17H,3,7,10-15H2,1-2H3,(H,19,20). The molecule has 1 aliphatic rings. The van der Waals surface area contributed by atoms with Crippen LogP contribution in [0.2, 0.25) is 0 Å². The lowest BCUT2D eigenvalue weighted by atomic mass is 10.1. The Bertz CT molecular complexity index is 639. The third kappa shape index (κ3) is 7.34. The first-order valence-electron chi connectivity index (χ1n) is 8.90. The maximum absolute atomic E-state index is 11.2. The topological polar surface area (TPSA) is 71.0 Å². The highest BCUT2D eigenvalue weighted by molar-refractivity contribution is 7.90. The summed E-state index contributed by atoms with van der Waals surface area (Å²) in [5.74, 6) is 1.97. The van der Waals surface area contributed by atoms with Gasteiger partial charge in [0.25, 0.3) is 0 Å². The van der Waals surface area contributed by atoms with Crippen molar-refractivity contribution in [3.63, 3.8) is 0 Å². The summed E-state index contributed by atoms with van der Waals surface area (Å²) in [6.45, 7) is 5.13. The van der Waals surface area contributed by atoms with Crippen molar-refractivity contribution in [3.8, 4) is 5.75 Å². The van der Waals surface area contributed by atoms with E-state index in [0.29, 0.717) is 13.0 Å². The largest absolute Gasteiger partial charge is 0.490 e. The molecule has 1 saturated heterocycles. The molecule has 0 aliphatic carbocycles. The van der Waals surface area contributed by atoms with Crippen molar-refractivity contribution < 1.29 is 13.2 Å². The molecule has 1 aromatic carbocycles. The van der Waals surface area contributed by atoms with Crippen molar-refractivity contribution in [3.05, 3.63) is 30.3 Å². The van der Waals surface area contributed by atoms with Crippen molar-refractivity contribution in [2.24, 2.45) is 4.99 Å². The number of sulfone groups is 1. The van der Waals surface area contributed by atoms with Crippen LogP contribution in [0.3, 0.4) is 0 Å². The van der Waals surface area contributed by atoms with Crippen LogP contribution in [0.25, 0.3) is 0 Å². The Morgan fingerprint density at radius 3 is 2.56 bits per heavy atom. The zero-order valence-corrected chi connectivity index (χ0v) is 16.0. The number of piperidine rings is 1. The van der Waals surface area contributed by atoms with Gasteiger partial charge in [-0.15, -0.1) is 0 Å².